The minimum atomic E-state index is -0.197. The first-order valence-electron chi connectivity index (χ1n) is 6.38. The van der Waals surface area contributed by atoms with Crippen molar-refractivity contribution in [1.82, 2.24) is 0 Å². The number of benzene rings is 2. The van der Waals surface area contributed by atoms with Crippen LogP contribution in [0.15, 0.2) is 53.4 Å². The van der Waals surface area contributed by atoms with Gasteiger partial charge in [-0.05, 0) is 37.3 Å². The summed E-state index contributed by atoms with van der Waals surface area (Å²) in [5, 5.41) is 12.1. The van der Waals surface area contributed by atoms with Gasteiger partial charge in [-0.15, -0.1) is 11.8 Å². The highest BCUT2D eigenvalue weighted by Crippen LogP contribution is 2.22. The first-order valence-corrected chi connectivity index (χ1v) is 7.36. The molecule has 0 fully saturated rings. The van der Waals surface area contributed by atoms with Gasteiger partial charge in [-0.1, -0.05) is 18.2 Å². The van der Waals surface area contributed by atoms with Crippen molar-refractivity contribution in [2.24, 2.45) is 0 Å². The summed E-state index contributed by atoms with van der Waals surface area (Å²) in [6, 6.07) is 13.6. The number of phenolic OH excluding ortho intramolecular Hbond substituents is 1. The molecule has 5 heteroatoms. The molecule has 108 valence electrons. The summed E-state index contributed by atoms with van der Waals surface area (Å²) in [6.45, 7) is 1.46. The molecule has 0 radical (unpaired) electrons. The van der Waals surface area contributed by atoms with E-state index in [9.17, 15) is 14.7 Å². The van der Waals surface area contributed by atoms with E-state index in [1.54, 1.807) is 42.5 Å². The number of hydrogen-bond donors (Lipinski definition) is 2. The van der Waals surface area contributed by atoms with Gasteiger partial charge in [-0.2, -0.15) is 0 Å². The number of amides is 1. The molecule has 2 aromatic carbocycles. The minimum Gasteiger partial charge on any atom is -0.508 e. The van der Waals surface area contributed by atoms with E-state index in [1.807, 2.05) is 6.07 Å². The van der Waals surface area contributed by atoms with Crippen LogP contribution < -0.4 is 5.32 Å². The van der Waals surface area contributed by atoms with Crippen LogP contribution in [0.3, 0.4) is 0 Å². The predicted octanol–water partition coefficient (Wildman–Crippen LogP) is 3.33. The number of aromatic hydroxyl groups is 1. The van der Waals surface area contributed by atoms with Crippen LogP contribution in [0, 0.1) is 0 Å². The third-order valence-corrected chi connectivity index (χ3v) is 3.76. The lowest BCUT2D eigenvalue weighted by Crippen LogP contribution is -2.16. The molecule has 21 heavy (non-hydrogen) atoms. The molecule has 2 aromatic rings. The highest BCUT2D eigenvalue weighted by molar-refractivity contribution is 8.00. The lowest BCUT2D eigenvalue weighted by atomic mass is 10.1. The molecule has 0 bridgehead atoms. The molecule has 0 spiro atoms. The fourth-order valence-corrected chi connectivity index (χ4v) is 2.56. The lowest BCUT2D eigenvalue weighted by Gasteiger charge is -2.09. The molecule has 4 nitrogen and oxygen atoms in total. The summed E-state index contributed by atoms with van der Waals surface area (Å²) < 4.78 is 0. The van der Waals surface area contributed by atoms with Crippen molar-refractivity contribution in [3.05, 3.63) is 54.1 Å². The van der Waals surface area contributed by atoms with Crippen LogP contribution in [0.2, 0.25) is 0 Å². The molecule has 0 saturated carbocycles. The normalized spacial score (nSPS) is 10.1. The fourth-order valence-electron chi connectivity index (χ4n) is 1.81. The van der Waals surface area contributed by atoms with Gasteiger partial charge in [-0.3, -0.25) is 9.59 Å². The summed E-state index contributed by atoms with van der Waals surface area (Å²) in [5.41, 5.74) is 1.01. The Morgan fingerprint density at radius 1 is 1.14 bits per heavy atom. The zero-order chi connectivity index (χ0) is 15.2. The molecule has 0 atom stereocenters. The van der Waals surface area contributed by atoms with Gasteiger partial charge in [-0.25, -0.2) is 0 Å². The van der Waals surface area contributed by atoms with Crippen LogP contribution in [-0.4, -0.2) is 22.5 Å². The van der Waals surface area contributed by atoms with E-state index in [4.69, 9.17) is 0 Å². The molecular weight excluding hydrogens is 286 g/mol. The van der Waals surface area contributed by atoms with Crippen LogP contribution in [0.4, 0.5) is 5.69 Å². The number of rotatable bonds is 5. The maximum atomic E-state index is 11.9. The quantitative estimate of drug-likeness (QED) is 0.656. The van der Waals surface area contributed by atoms with E-state index < -0.39 is 0 Å². The van der Waals surface area contributed by atoms with E-state index in [2.05, 4.69) is 5.32 Å². The van der Waals surface area contributed by atoms with Gasteiger partial charge in [0.1, 0.15) is 5.75 Å². The Balaban J connectivity index is 1.98. The topological polar surface area (TPSA) is 66.4 Å². The summed E-state index contributed by atoms with van der Waals surface area (Å²) in [7, 11) is 0. The van der Waals surface area contributed by atoms with Crippen LogP contribution >= 0.6 is 11.8 Å². The number of anilines is 1. The van der Waals surface area contributed by atoms with E-state index in [1.165, 1.54) is 18.7 Å². The summed E-state index contributed by atoms with van der Waals surface area (Å²) in [4.78, 5) is 24.2. The first kappa shape index (κ1) is 15.1. The molecule has 0 aliphatic carbocycles. The van der Waals surface area contributed by atoms with Crippen LogP contribution in [0.5, 0.6) is 5.75 Å². The third-order valence-electron chi connectivity index (χ3n) is 2.77. The van der Waals surface area contributed by atoms with Crippen molar-refractivity contribution in [2.75, 3.05) is 11.1 Å². The maximum Gasteiger partial charge on any atom is 0.234 e. The molecule has 0 aromatic heterocycles. The average Bonchev–Trinajstić information content (AvgIpc) is 2.45. The zero-order valence-corrected chi connectivity index (χ0v) is 12.3. The standard InChI is InChI=1S/C16H15NO3S/c1-11(18)14-7-2-3-8-15(14)17-16(20)10-21-13-6-4-5-12(19)9-13/h2-9,19H,10H2,1H3,(H,17,20). The lowest BCUT2D eigenvalue weighted by molar-refractivity contribution is -0.113. The van der Waals surface area contributed by atoms with E-state index in [0.29, 0.717) is 11.3 Å². The predicted molar refractivity (Wildman–Crippen MR) is 83.9 cm³/mol. The van der Waals surface area contributed by atoms with E-state index in [-0.39, 0.29) is 23.2 Å². The number of ketones is 1. The van der Waals surface area contributed by atoms with Crippen LogP contribution in [0.25, 0.3) is 0 Å². The van der Waals surface area contributed by atoms with Crippen molar-refractivity contribution >= 4 is 29.1 Å². The number of thioether (sulfide) groups is 1. The Labute approximate surface area is 127 Å². The highest BCUT2D eigenvalue weighted by Gasteiger charge is 2.10. The first-order chi connectivity index (χ1) is 10.1. The van der Waals surface area contributed by atoms with Gasteiger partial charge in [0, 0.05) is 10.5 Å². The van der Waals surface area contributed by atoms with Gasteiger partial charge in [0.05, 0.1) is 11.4 Å². The Bertz CT molecular complexity index is 670. The van der Waals surface area contributed by atoms with Gasteiger partial charge >= 0.3 is 0 Å². The number of Topliss-reactive ketones (excluding diaryl/α,β-unsaturated/α-hetero) is 1. The number of carbonyl (C=O) groups excluding carboxylic acids is 2. The molecular formula is C16H15NO3S. The number of nitrogens with one attached hydrogen (secondary N) is 1. The van der Waals surface area contributed by atoms with Crippen LogP contribution in [-0.2, 0) is 4.79 Å². The second-order valence-corrected chi connectivity index (χ2v) is 5.48. The second kappa shape index (κ2) is 6.95. The Morgan fingerprint density at radius 2 is 1.90 bits per heavy atom. The largest absolute Gasteiger partial charge is 0.508 e. The molecule has 0 aliphatic rings. The minimum absolute atomic E-state index is 0.0912. The van der Waals surface area contributed by atoms with Gasteiger partial charge in [0.15, 0.2) is 5.78 Å². The number of carbonyl (C=O) groups is 2. The Morgan fingerprint density at radius 3 is 2.62 bits per heavy atom. The zero-order valence-electron chi connectivity index (χ0n) is 11.5. The highest BCUT2D eigenvalue weighted by atomic mass is 32.2. The molecule has 0 unspecified atom stereocenters. The summed E-state index contributed by atoms with van der Waals surface area (Å²) in [5.74, 6) is 0.0845. The summed E-state index contributed by atoms with van der Waals surface area (Å²) in [6.07, 6.45) is 0. The maximum absolute atomic E-state index is 11.9. The smallest absolute Gasteiger partial charge is 0.234 e. The van der Waals surface area contributed by atoms with Gasteiger partial charge < -0.3 is 10.4 Å². The summed E-state index contributed by atoms with van der Waals surface area (Å²) >= 11 is 1.32. The Kier molecular flexibility index (Phi) is 5.00. The van der Waals surface area contributed by atoms with E-state index >= 15 is 0 Å². The SMILES string of the molecule is CC(=O)c1ccccc1NC(=O)CSc1cccc(O)c1. The van der Waals surface area contributed by atoms with Crippen molar-refractivity contribution < 1.29 is 14.7 Å². The second-order valence-electron chi connectivity index (χ2n) is 4.44. The Hall–Kier alpha value is -2.27. The van der Waals surface area contributed by atoms with Gasteiger partial charge in [0.2, 0.25) is 5.91 Å². The van der Waals surface area contributed by atoms with E-state index in [0.717, 1.165) is 4.90 Å². The monoisotopic (exact) mass is 301 g/mol. The molecule has 2 rings (SSSR count). The molecule has 0 heterocycles. The average molecular weight is 301 g/mol. The number of phenols is 1. The molecule has 0 saturated heterocycles. The van der Waals surface area contributed by atoms with Crippen molar-refractivity contribution in [3.8, 4) is 5.75 Å². The molecule has 2 N–H and O–H groups in total. The van der Waals surface area contributed by atoms with Crippen molar-refractivity contribution in [1.29, 1.82) is 0 Å². The number of hydrogen-bond acceptors (Lipinski definition) is 4. The fraction of sp³-hybridized carbons (Fsp3) is 0.125. The van der Waals surface area contributed by atoms with Gasteiger partial charge in [0.25, 0.3) is 0 Å². The molecule has 0 aliphatic heterocycles. The number of para-hydroxylation sites is 1. The third kappa shape index (κ3) is 4.36. The van der Waals surface area contributed by atoms with Crippen molar-refractivity contribution in [3.63, 3.8) is 0 Å². The molecule has 1 amide bonds. The van der Waals surface area contributed by atoms with Crippen molar-refractivity contribution in [2.45, 2.75) is 11.8 Å². The van der Waals surface area contributed by atoms with Crippen LogP contribution in [0.1, 0.15) is 17.3 Å².